The second-order valence-corrected chi connectivity index (χ2v) is 6.30. The molecule has 0 radical (unpaired) electrons. The minimum absolute atomic E-state index is 0.168. The van der Waals surface area contributed by atoms with E-state index >= 15 is 0 Å². The second kappa shape index (κ2) is 6.55. The summed E-state index contributed by atoms with van der Waals surface area (Å²) >= 11 is 1.35. The number of aromatic nitrogens is 2. The number of amides is 1. The predicted octanol–water partition coefficient (Wildman–Crippen LogP) is 3.55. The van der Waals surface area contributed by atoms with Gasteiger partial charge in [0, 0.05) is 0 Å². The predicted molar refractivity (Wildman–Crippen MR) is 91.2 cm³/mol. The van der Waals surface area contributed by atoms with Crippen LogP contribution in [0.5, 0.6) is 0 Å². The van der Waals surface area contributed by atoms with Crippen LogP contribution in [0, 0.1) is 11.3 Å². The Morgan fingerprint density at radius 2 is 2.00 bits per heavy atom. The van der Waals surface area contributed by atoms with Gasteiger partial charge in [-0.05, 0) is 31.2 Å². The SMILES string of the molecule is C[C@@H](Sc1nc2ccccc2[nH]1)C(=O)Nc1ccccc1C#N. The highest BCUT2D eigenvalue weighted by molar-refractivity contribution is 8.00. The number of nitrogens with one attached hydrogen (secondary N) is 2. The number of carbonyl (C=O) groups excluding carboxylic acids is 1. The topological polar surface area (TPSA) is 81.6 Å². The Morgan fingerprint density at radius 3 is 2.78 bits per heavy atom. The minimum Gasteiger partial charge on any atom is -0.333 e. The highest BCUT2D eigenvalue weighted by Gasteiger charge is 2.17. The van der Waals surface area contributed by atoms with Crippen molar-refractivity contribution in [3.8, 4) is 6.07 Å². The molecule has 23 heavy (non-hydrogen) atoms. The van der Waals surface area contributed by atoms with Crippen LogP contribution in [0.4, 0.5) is 5.69 Å². The summed E-state index contributed by atoms with van der Waals surface area (Å²) in [4.78, 5) is 20.0. The van der Waals surface area contributed by atoms with Gasteiger partial charge in [-0.25, -0.2) is 4.98 Å². The number of para-hydroxylation sites is 3. The summed E-state index contributed by atoms with van der Waals surface area (Å²) in [6, 6.07) is 16.7. The summed E-state index contributed by atoms with van der Waals surface area (Å²) in [5, 5.41) is 12.2. The maximum Gasteiger partial charge on any atom is 0.237 e. The summed E-state index contributed by atoms with van der Waals surface area (Å²) in [7, 11) is 0. The van der Waals surface area contributed by atoms with Crippen LogP contribution in [-0.2, 0) is 4.79 Å². The van der Waals surface area contributed by atoms with E-state index in [0.717, 1.165) is 11.0 Å². The Labute approximate surface area is 137 Å². The van der Waals surface area contributed by atoms with Crippen molar-refractivity contribution in [3.05, 3.63) is 54.1 Å². The van der Waals surface area contributed by atoms with Crippen LogP contribution in [0.3, 0.4) is 0 Å². The Bertz CT molecular complexity index is 864. The fourth-order valence-electron chi connectivity index (χ4n) is 2.13. The molecule has 1 atom stereocenters. The van der Waals surface area contributed by atoms with Gasteiger partial charge in [0.25, 0.3) is 0 Å². The number of rotatable bonds is 4. The fourth-order valence-corrected chi connectivity index (χ4v) is 2.95. The third-order valence-corrected chi connectivity index (χ3v) is 4.31. The Hall–Kier alpha value is -2.78. The maximum atomic E-state index is 12.3. The van der Waals surface area contributed by atoms with E-state index in [1.807, 2.05) is 31.2 Å². The number of thioether (sulfide) groups is 1. The average Bonchev–Trinajstić information content (AvgIpc) is 2.97. The number of nitriles is 1. The van der Waals surface area contributed by atoms with Crippen molar-refractivity contribution in [3.63, 3.8) is 0 Å². The van der Waals surface area contributed by atoms with E-state index in [1.165, 1.54) is 11.8 Å². The molecule has 0 fully saturated rings. The lowest BCUT2D eigenvalue weighted by molar-refractivity contribution is -0.115. The largest absolute Gasteiger partial charge is 0.333 e. The zero-order valence-corrected chi connectivity index (χ0v) is 13.2. The zero-order chi connectivity index (χ0) is 16.2. The van der Waals surface area contributed by atoms with Crippen molar-refractivity contribution in [2.24, 2.45) is 0 Å². The molecule has 3 rings (SSSR count). The molecule has 5 nitrogen and oxygen atoms in total. The molecule has 0 aliphatic rings. The summed E-state index contributed by atoms with van der Waals surface area (Å²) < 4.78 is 0. The van der Waals surface area contributed by atoms with Gasteiger partial charge in [-0.3, -0.25) is 4.79 Å². The number of hydrogen-bond acceptors (Lipinski definition) is 4. The van der Waals surface area contributed by atoms with Crippen LogP contribution in [0.15, 0.2) is 53.7 Å². The molecule has 2 aromatic carbocycles. The summed E-state index contributed by atoms with van der Waals surface area (Å²) in [6.07, 6.45) is 0. The number of nitrogens with zero attached hydrogens (tertiary/aromatic N) is 2. The van der Waals surface area contributed by atoms with E-state index < -0.39 is 0 Å². The first kappa shape index (κ1) is 15.1. The molecular weight excluding hydrogens is 308 g/mol. The monoisotopic (exact) mass is 322 g/mol. The number of aromatic amines is 1. The van der Waals surface area contributed by atoms with Gasteiger partial charge in [-0.15, -0.1) is 0 Å². The Morgan fingerprint density at radius 1 is 1.26 bits per heavy atom. The van der Waals surface area contributed by atoms with Crippen molar-refractivity contribution in [2.75, 3.05) is 5.32 Å². The number of anilines is 1. The zero-order valence-electron chi connectivity index (χ0n) is 12.4. The van der Waals surface area contributed by atoms with E-state index in [2.05, 4.69) is 21.4 Å². The summed E-state index contributed by atoms with van der Waals surface area (Å²) in [5.74, 6) is -0.168. The van der Waals surface area contributed by atoms with Gasteiger partial charge in [0.2, 0.25) is 5.91 Å². The molecule has 0 unspecified atom stereocenters. The molecule has 2 N–H and O–H groups in total. The van der Waals surface area contributed by atoms with Crippen LogP contribution in [0.25, 0.3) is 11.0 Å². The highest BCUT2D eigenvalue weighted by atomic mass is 32.2. The third-order valence-electron chi connectivity index (χ3n) is 3.33. The lowest BCUT2D eigenvalue weighted by Gasteiger charge is -2.11. The number of benzene rings is 2. The Balaban J connectivity index is 1.71. The van der Waals surface area contributed by atoms with E-state index in [4.69, 9.17) is 5.26 Å². The second-order valence-electron chi connectivity index (χ2n) is 4.97. The number of hydrogen-bond donors (Lipinski definition) is 2. The number of carbonyl (C=O) groups is 1. The molecule has 0 spiro atoms. The first-order chi connectivity index (χ1) is 11.2. The van der Waals surface area contributed by atoms with Crippen LogP contribution < -0.4 is 5.32 Å². The maximum absolute atomic E-state index is 12.3. The van der Waals surface area contributed by atoms with Crippen molar-refractivity contribution in [1.82, 2.24) is 9.97 Å². The quantitative estimate of drug-likeness (QED) is 0.720. The van der Waals surface area contributed by atoms with E-state index in [9.17, 15) is 4.79 Å². The third kappa shape index (κ3) is 3.35. The summed E-state index contributed by atoms with van der Waals surface area (Å²) in [5.41, 5.74) is 2.79. The first-order valence-electron chi connectivity index (χ1n) is 7.09. The highest BCUT2D eigenvalue weighted by Crippen LogP contribution is 2.24. The molecule has 0 aliphatic carbocycles. The molecule has 6 heteroatoms. The first-order valence-corrected chi connectivity index (χ1v) is 7.97. The lowest BCUT2D eigenvalue weighted by Crippen LogP contribution is -2.23. The van der Waals surface area contributed by atoms with Gasteiger partial charge in [0.15, 0.2) is 5.16 Å². The van der Waals surface area contributed by atoms with Gasteiger partial charge in [-0.1, -0.05) is 36.0 Å². The van der Waals surface area contributed by atoms with Gasteiger partial charge in [0.1, 0.15) is 6.07 Å². The standard InChI is InChI=1S/C17H14N4OS/c1-11(16(22)19-13-7-3-2-6-12(13)10-18)23-17-20-14-8-4-5-9-15(14)21-17/h2-9,11H,1H3,(H,19,22)(H,20,21)/t11-/m1/s1. The van der Waals surface area contributed by atoms with Gasteiger partial charge in [-0.2, -0.15) is 5.26 Å². The van der Waals surface area contributed by atoms with Crippen molar-refractivity contribution in [2.45, 2.75) is 17.3 Å². The van der Waals surface area contributed by atoms with E-state index in [0.29, 0.717) is 16.4 Å². The number of imidazole rings is 1. The van der Waals surface area contributed by atoms with Crippen LogP contribution in [-0.4, -0.2) is 21.1 Å². The molecule has 0 aliphatic heterocycles. The van der Waals surface area contributed by atoms with Crippen LogP contribution >= 0.6 is 11.8 Å². The summed E-state index contributed by atoms with van der Waals surface area (Å²) in [6.45, 7) is 1.81. The molecule has 0 bridgehead atoms. The molecule has 1 aromatic heterocycles. The Kier molecular flexibility index (Phi) is 4.31. The van der Waals surface area contributed by atoms with Crippen molar-refractivity contribution in [1.29, 1.82) is 5.26 Å². The lowest BCUT2D eigenvalue weighted by atomic mass is 10.2. The van der Waals surface area contributed by atoms with Crippen LogP contribution in [0.2, 0.25) is 0 Å². The van der Waals surface area contributed by atoms with Crippen LogP contribution in [0.1, 0.15) is 12.5 Å². The fraction of sp³-hybridized carbons (Fsp3) is 0.118. The molecule has 114 valence electrons. The van der Waals surface area contributed by atoms with Gasteiger partial charge < -0.3 is 10.3 Å². The van der Waals surface area contributed by atoms with E-state index in [-0.39, 0.29) is 11.2 Å². The van der Waals surface area contributed by atoms with Gasteiger partial charge in [0.05, 0.1) is 27.5 Å². The smallest absolute Gasteiger partial charge is 0.237 e. The minimum atomic E-state index is -0.345. The average molecular weight is 322 g/mol. The molecule has 0 saturated carbocycles. The normalized spacial score (nSPS) is 11.8. The van der Waals surface area contributed by atoms with Crippen molar-refractivity contribution >= 4 is 34.4 Å². The van der Waals surface area contributed by atoms with Gasteiger partial charge >= 0.3 is 0 Å². The number of H-pyrrole nitrogens is 1. The molecule has 1 amide bonds. The molecule has 0 saturated heterocycles. The molecule has 1 heterocycles. The van der Waals surface area contributed by atoms with Crippen molar-refractivity contribution < 1.29 is 4.79 Å². The molecular formula is C17H14N4OS. The number of fused-ring (bicyclic) bond motifs is 1. The van der Waals surface area contributed by atoms with E-state index in [1.54, 1.807) is 24.3 Å². The molecule has 3 aromatic rings.